The molecular formula is C10H10F2O. The standard InChI is InChI=1S/C10H10F2O/c11-8-2-1-3-9(12)10(8)13-6-7-4-5-7/h1-3,7H,4-6H2. The van der Waals surface area contributed by atoms with E-state index in [9.17, 15) is 8.78 Å². The molecule has 1 nitrogen and oxygen atoms in total. The normalized spacial score (nSPS) is 15.8. The Kier molecular flexibility index (Phi) is 2.17. The van der Waals surface area contributed by atoms with Crippen molar-refractivity contribution in [3.8, 4) is 5.75 Å². The Morgan fingerprint density at radius 3 is 2.38 bits per heavy atom. The molecule has 0 bridgehead atoms. The highest BCUT2D eigenvalue weighted by atomic mass is 19.1. The van der Waals surface area contributed by atoms with Gasteiger partial charge in [-0.3, -0.25) is 0 Å². The molecule has 0 radical (unpaired) electrons. The van der Waals surface area contributed by atoms with Crippen LogP contribution >= 0.6 is 0 Å². The molecule has 3 heteroatoms. The summed E-state index contributed by atoms with van der Waals surface area (Å²) in [5.41, 5.74) is 0. The van der Waals surface area contributed by atoms with Gasteiger partial charge in [-0.05, 0) is 30.9 Å². The Labute approximate surface area is 75.3 Å². The molecule has 1 aliphatic carbocycles. The molecule has 1 saturated carbocycles. The van der Waals surface area contributed by atoms with Crippen LogP contribution in [0.4, 0.5) is 8.78 Å². The lowest BCUT2D eigenvalue weighted by atomic mass is 10.3. The van der Waals surface area contributed by atoms with Crippen LogP contribution in [0.15, 0.2) is 18.2 Å². The van der Waals surface area contributed by atoms with Crippen LogP contribution in [0.2, 0.25) is 0 Å². The Morgan fingerprint density at radius 1 is 1.23 bits per heavy atom. The monoisotopic (exact) mass is 184 g/mol. The zero-order valence-corrected chi connectivity index (χ0v) is 7.09. The lowest BCUT2D eigenvalue weighted by Gasteiger charge is -2.06. The van der Waals surface area contributed by atoms with Gasteiger partial charge in [-0.15, -0.1) is 0 Å². The van der Waals surface area contributed by atoms with Gasteiger partial charge in [0, 0.05) is 0 Å². The number of hydrogen-bond donors (Lipinski definition) is 0. The molecule has 0 aromatic heterocycles. The Balaban J connectivity index is 2.07. The van der Waals surface area contributed by atoms with Gasteiger partial charge in [-0.25, -0.2) is 8.78 Å². The predicted molar refractivity (Wildman–Crippen MR) is 44.6 cm³/mol. The summed E-state index contributed by atoms with van der Waals surface area (Å²) in [5, 5.41) is 0. The molecule has 2 rings (SSSR count). The zero-order valence-electron chi connectivity index (χ0n) is 7.09. The molecule has 0 aliphatic heterocycles. The molecule has 0 amide bonds. The number of ether oxygens (including phenoxy) is 1. The van der Waals surface area contributed by atoms with Crippen molar-refractivity contribution >= 4 is 0 Å². The highest BCUT2D eigenvalue weighted by Crippen LogP contribution is 2.30. The van der Waals surface area contributed by atoms with Gasteiger partial charge in [0.2, 0.25) is 0 Å². The lowest BCUT2D eigenvalue weighted by molar-refractivity contribution is 0.270. The zero-order chi connectivity index (χ0) is 9.26. The quantitative estimate of drug-likeness (QED) is 0.701. The second-order valence-electron chi connectivity index (χ2n) is 3.31. The molecule has 0 heterocycles. The second kappa shape index (κ2) is 3.32. The van der Waals surface area contributed by atoms with Crippen LogP contribution in [0, 0.1) is 17.6 Å². The summed E-state index contributed by atoms with van der Waals surface area (Å²) in [6.07, 6.45) is 2.21. The van der Waals surface area contributed by atoms with Gasteiger partial charge in [-0.1, -0.05) is 6.07 Å². The fourth-order valence-electron chi connectivity index (χ4n) is 1.11. The number of rotatable bonds is 3. The number of hydrogen-bond acceptors (Lipinski definition) is 1. The molecule has 0 atom stereocenters. The van der Waals surface area contributed by atoms with E-state index >= 15 is 0 Å². The van der Waals surface area contributed by atoms with Crippen molar-refractivity contribution in [3.63, 3.8) is 0 Å². The third kappa shape index (κ3) is 1.97. The second-order valence-corrected chi connectivity index (χ2v) is 3.31. The van der Waals surface area contributed by atoms with Gasteiger partial charge in [0.05, 0.1) is 6.61 Å². The maximum Gasteiger partial charge on any atom is 0.190 e. The molecule has 0 saturated heterocycles. The van der Waals surface area contributed by atoms with Crippen molar-refractivity contribution in [2.24, 2.45) is 5.92 Å². The molecule has 1 aliphatic rings. The van der Waals surface area contributed by atoms with E-state index < -0.39 is 11.6 Å². The summed E-state index contributed by atoms with van der Waals surface area (Å²) in [6, 6.07) is 3.73. The minimum atomic E-state index is -0.624. The van der Waals surface area contributed by atoms with E-state index in [4.69, 9.17) is 4.74 Å². The summed E-state index contributed by atoms with van der Waals surface area (Å²) < 4.78 is 31.0. The van der Waals surface area contributed by atoms with E-state index in [-0.39, 0.29) is 5.75 Å². The summed E-state index contributed by atoms with van der Waals surface area (Å²) in [7, 11) is 0. The van der Waals surface area contributed by atoms with Crippen molar-refractivity contribution in [1.29, 1.82) is 0 Å². The first-order valence-electron chi connectivity index (χ1n) is 4.34. The van der Waals surface area contributed by atoms with Gasteiger partial charge in [0.15, 0.2) is 17.4 Å². The molecule has 0 unspecified atom stereocenters. The van der Waals surface area contributed by atoms with Crippen molar-refractivity contribution in [2.75, 3.05) is 6.61 Å². The third-order valence-electron chi connectivity index (χ3n) is 2.08. The van der Waals surface area contributed by atoms with Gasteiger partial charge < -0.3 is 4.74 Å². The molecule has 1 fully saturated rings. The van der Waals surface area contributed by atoms with Crippen LogP contribution in [-0.2, 0) is 0 Å². The predicted octanol–water partition coefficient (Wildman–Crippen LogP) is 2.75. The fourth-order valence-corrected chi connectivity index (χ4v) is 1.11. The van der Waals surface area contributed by atoms with Gasteiger partial charge >= 0.3 is 0 Å². The van der Waals surface area contributed by atoms with Crippen LogP contribution in [0.3, 0.4) is 0 Å². The Hall–Kier alpha value is -1.12. The molecule has 1 aromatic carbocycles. The van der Waals surface area contributed by atoms with E-state index in [1.165, 1.54) is 18.2 Å². The van der Waals surface area contributed by atoms with E-state index in [0.717, 1.165) is 12.8 Å². The number of benzene rings is 1. The molecular weight excluding hydrogens is 174 g/mol. The maximum absolute atomic E-state index is 13.0. The van der Waals surface area contributed by atoms with Gasteiger partial charge in [0.25, 0.3) is 0 Å². The molecule has 1 aromatic rings. The van der Waals surface area contributed by atoms with E-state index in [2.05, 4.69) is 0 Å². The first-order chi connectivity index (χ1) is 6.27. The summed E-state index contributed by atoms with van der Waals surface area (Å²) in [4.78, 5) is 0. The van der Waals surface area contributed by atoms with E-state index in [0.29, 0.717) is 12.5 Å². The van der Waals surface area contributed by atoms with Crippen LogP contribution in [0.25, 0.3) is 0 Å². The van der Waals surface area contributed by atoms with Crippen LogP contribution in [0.5, 0.6) is 5.75 Å². The van der Waals surface area contributed by atoms with Crippen molar-refractivity contribution in [2.45, 2.75) is 12.8 Å². The third-order valence-corrected chi connectivity index (χ3v) is 2.08. The van der Waals surface area contributed by atoms with Gasteiger partial charge in [0.1, 0.15) is 0 Å². The summed E-state index contributed by atoms with van der Waals surface area (Å²) >= 11 is 0. The van der Waals surface area contributed by atoms with E-state index in [1.54, 1.807) is 0 Å². The van der Waals surface area contributed by atoms with Crippen molar-refractivity contribution < 1.29 is 13.5 Å². The first kappa shape index (κ1) is 8.48. The number of para-hydroxylation sites is 1. The molecule has 13 heavy (non-hydrogen) atoms. The Morgan fingerprint density at radius 2 is 1.85 bits per heavy atom. The first-order valence-corrected chi connectivity index (χ1v) is 4.34. The Bertz CT molecular complexity index is 288. The molecule has 0 spiro atoms. The highest BCUT2D eigenvalue weighted by molar-refractivity contribution is 5.26. The maximum atomic E-state index is 13.0. The van der Waals surface area contributed by atoms with Crippen LogP contribution < -0.4 is 4.74 Å². The van der Waals surface area contributed by atoms with Gasteiger partial charge in [-0.2, -0.15) is 0 Å². The highest BCUT2D eigenvalue weighted by Gasteiger charge is 2.23. The SMILES string of the molecule is Fc1cccc(F)c1OCC1CC1. The number of halogens is 2. The van der Waals surface area contributed by atoms with Crippen molar-refractivity contribution in [1.82, 2.24) is 0 Å². The average molecular weight is 184 g/mol. The minimum absolute atomic E-state index is 0.241. The van der Waals surface area contributed by atoms with Crippen LogP contribution in [0.1, 0.15) is 12.8 Å². The van der Waals surface area contributed by atoms with Crippen molar-refractivity contribution in [3.05, 3.63) is 29.8 Å². The summed E-state index contributed by atoms with van der Waals surface area (Å²) in [6.45, 7) is 0.428. The molecule has 0 N–H and O–H groups in total. The van der Waals surface area contributed by atoms with E-state index in [1.807, 2.05) is 0 Å². The molecule has 70 valence electrons. The minimum Gasteiger partial charge on any atom is -0.487 e. The topological polar surface area (TPSA) is 9.23 Å². The smallest absolute Gasteiger partial charge is 0.190 e. The van der Waals surface area contributed by atoms with Crippen LogP contribution in [-0.4, -0.2) is 6.61 Å². The summed E-state index contributed by atoms with van der Waals surface area (Å²) in [5.74, 6) is -0.991. The lowest BCUT2D eigenvalue weighted by Crippen LogP contribution is -2.02. The average Bonchev–Trinajstić information content (AvgIpc) is 2.87. The fraction of sp³-hybridized carbons (Fsp3) is 0.400. The largest absolute Gasteiger partial charge is 0.487 e.